The molecule has 0 atom stereocenters. The van der Waals surface area contributed by atoms with Crippen LogP contribution in [0.25, 0.3) is 11.0 Å². The number of ether oxygens (including phenoxy) is 1. The van der Waals surface area contributed by atoms with Crippen molar-refractivity contribution in [3.8, 4) is 0 Å². The first kappa shape index (κ1) is 14.8. The number of likely N-dealkylation sites (tertiary alicyclic amines) is 1. The molecule has 0 unspecified atom stereocenters. The van der Waals surface area contributed by atoms with Gasteiger partial charge in [-0.15, -0.1) is 0 Å². The topological polar surface area (TPSA) is 68.5 Å². The summed E-state index contributed by atoms with van der Waals surface area (Å²) in [6.45, 7) is 7.01. The molecule has 6 heteroatoms. The molecule has 3 heterocycles. The summed E-state index contributed by atoms with van der Waals surface area (Å²) in [4.78, 5) is 17.9. The summed E-state index contributed by atoms with van der Waals surface area (Å²) in [6.07, 6.45) is 4.92. The molecular weight excluding hydrogens is 282 g/mol. The minimum atomic E-state index is -0.455. The fourth-order valence-corrected chi connectivity index (χ4v) is 2.77. The lowest BCUT2D eigenvalue weighted by Crippen LogP contribution is -2.41. The van der Waals surface area contributed by atoms with E-state index in [1.165, 1.54) is 0 Å². The first-order valence-corrected chi connectivity index (χ1v) is 7.61. The highest BCUT2D eigenvalue weighted by Gasteiger charge is 2.29. The van der Waals surface area contributed by atoms with Crippen LogP contribution >= 0.6 is 0 Å². The van der Waals surface area contributed by atoms with E-state index in [9.17, 15) is 4.79 Å². The highest BCUT2D eigenvalue weighted by molar-refractivity contribution is 5.78. The van der Waals surface area contributed by atoms with E-state index in [0.29, 0.717) is 24.6 Å². The second-order valence-electron chi connectivity index (χ2n) is 6.68. The van der Waals surface area contributed by atoms with Crippen LogP contribution in [0.3, 0.4) is 0 Å². The van der Waals surface area contributed by atoms with Gasteiger partial charge < -0.3 is 14.2 Å². The van der Waals surface area contributed by atoms with Crippen molar-refractivity contribution in [3.63, 3.8) is 0 Å². The molecule has 0 saturated carbocycles. The van der Waals surface area contributed by atoms with E-state index in [2.05, 4.69) is 10.1 Å². The van der Waals surface area contributed by atoms with Gasteiger partial charge in [-0.25, -0.2) is 4.79 Å². The Hall–Kier alpha value is -2.11. The van der Waals surface area contributed by atoms with Crippen molar-refractivity contribution in [2.24, 2.45) is 0 Å². The molecule has 0 bridgehead atoms. The van der Waals surface area contributed by atoms with E-state index in [0.717, 1.165) is 23.9 Å². The molecule has 1 amide bonds. The van der Waals surface area contributed by atoms with Crippen molar-refractivity contribution < 1.29 is 14.1 Å². The van der Waals surface area contributed by atoms with E-state index < -0.39 is 5.60 Å². The number of carbonyl (C=O) groups is 1. The Bertz CT molecular complexity index is 667. The highest BCUT2D eigenvalue weighted by atomic mass is 16.6. The van der Waals surface area contributed by atoms with Crippen molar-refractivity contribution in [2.75, 3.05) is 13.1 Å². The molecule has 0 aliphatic carbocycles. The lowest BCUT2D eigenvalue weighted by Gasteiger charge is -2.32. The zero-order chi connectivity index (χ0) is 15.7. The number of pyridine rings is 1. The van der Waals surface area contributed by atoms with Gasteiger partial charge in [-0.1, -0.05) is 5.16 Å². The van der Waals surface area contributed by atoms with Gasteiger partial charge in [0.15, 0.2) is 5.58 Å². The average molecular weight is 303 g/mol. The van der Waals surface area contributed by atoms with Gasteiger partial charge in [0.25, 0.3) is 0 Å². The number of amides is 1. The molecule has 1 saturated heterocycles. The van der Waals surface area contributed by atoms with Crippen LogP contribution in [-0.4, -0.2) is 39.8 Å². The largest absolute Gasteiger partial charge is 0.444 e. The Morgan fingerprint density at radius 1 is 1.36 bits per heavy atom. The van der Waals surface area contributed by atoms with Crippen LogP contribution < -0.4 is 0 Å². The molecule has 0 N–H and O–H groups in total. The lowest BCUT2D eigenvalue weighted by molar-refractivity contribution is 0.0204. The second kappa shape index (κ2) is 5.59. The molecule has 22 heavy (non-hydrogen) atoms. The van der Waals surface area contributed by atoms with Crippen molar-refractivity contribution in [1.29, 1.82) is 0 Å². The molecule has 118 valence electrons. The van der Waals surface area contributed by atoms with Crippen molar-refractivity contribution in [3.05, 3.63) is 24.2 Å². The monoisotopic (exact) mass is 303 g/mol. The summed E-state index contributed by atoms with van der Waals surface area (Å²) in [7, 11) is 0. The highest BCUT2D eigenvalue weighted by Crippen LogP contribution is 2.32. The molecule has 1 aliphatic heterocycles. The predicted molar refractivity (Wildman–Crippen MR) is 81.6 cm³/mol. The summed E-state index contributed by atoms with van der Waals surface area (Å²) in [5.41, 5.74) is 1.23. The molecular formula is C16H21N3O3. The van der Waals surface area contributed by atoms with Gasteiger partial charge in [0, 0.05) is 30.6 Å². The van der Waals surface area contributed by atoms with Crippen LogP contribution in [0.1, 0.15) is 45.2 Å². The normalized spacial score (nSPS) is 17.0. The average Bonchev–Trinajstić information content (AvgIpc) is 2.89. The minimum absolute atomic E-state index is 0.236. The van der Waals surface area contributed by atoms with Crippen LogP contribution in [-0.2, 0) is 4.74 Å². The molecule has 3 rings (SSSR count). The Labute approximate surface area is 129 Å². The molecule has 1 aliphatic rings. The number of fused-ring (bicyclic) bond motifs is 1. The molecule has 0 spiro atoms. The maximum atomic E-state index is 12.1. The standard InChI is InChI=1S/C16H21N3O3/c1-16(2,3)21-15(20)19-8-5-11(6-9-19)14-12-4-7-17-10-13(12)22-18-14/h4,7,10-11H,5-6,8-9H2,1-3H3. The van der Waals surface area contributed by atoms with Crippen molar-refractivity contribution >= 4 is 17.1 Å². The molecule has 2 aromatic heterocycles. The molecule has 0 radical (unpaired) electrons. The molecule has 1 fully saturated rings. The number of piperidine rings is 1. The quantitative estimate of drug-likeness (QED) is 0.808. The molecule has 6 nitrogen and oxygen atoms in total. The summed E-state index contributed by atoms with van der Waals surface area (Å²) in [5, 5.41) is 5.22. The van der Waals surface area contributed by atoms with E-state index in [1.807, 2.05) is 26.8 Å². The number of hydrogen-bond acceptors (Lipinski definition) is 5. The van der Waals surface area contributed by atoms with Crippen LogP contribution in [0.2, 0.25) is 0 Å². The Balaban J connectivity index is 1.66. The number of rotatable bonds is 1. The van der Waals surface area contributed by atoms with Crippen LogP contribution in [0.4, 0.5) is 4.79 Å². The van der Waals surface area contributed by atoms with E-state index in [-0.39, 0.29) is 6.09 Å². The molecule has 0 aromatic carbocycles. The SMILES string of the molecule is CC(C)(C)OC(=O)N1CCC(c2noc3cnccc23)CC1. The first-order valence-electron chi connectivity index (χ1n) is 7.61. The van der Waals surface area contributed by atoms with Crippen LogP contribution in [0.15, 0.2) is 23.0 Å². The predicted octanol–water partition coefficient (Wildman–Crippen LogP) is 3.34. The number of hydrogen-bond donors (Lipinski definition) is 0. The number of nitrogens with zero attached hydrogens (tertiary/aromatic N) is 3. The van der Waals surface area contributed by atoms with Gasteiger partial charge in [-0.3, -0.25) is 4.98 Å². The van der Waals surface area contributed by atoms with Gasteiger partial charge >= 0.3 is 6.09 Å². The van der Waals surface area contributed by atoms with Gasteiger partial charge in [0.1, 0.15) is 5.60 Å². The third-order valence-electron chi connectivity index (χ3n) is 3.84. The van der Waals surface area contributed by atoms with Gasteiger partial charge in [-0.05, 0) is 39.7 Å². The van der Waals surface area contributed by atoms with Crippen LogP contribution in [0.5, 0.6) is 0 Å². The van der Waals surface area contributed by atoms with Crippen LogP contribution in [0, 0.1) is 0 Å². The van der Waals surface area contributed by atoms with E-state index in [4.69, 9.17) is 9.26 Å². The first-order chi connectivity index (χ1) is 10.4. The Morgan fingerprint density at radius 3 is 2.77 bits per heavy atom. The fraction of sp³-hybridized carbons (Fsp3) is 0.562. The zero-order valence-corrected chi connectivity index (χ0v) is 13.2. The second-order valence-corrected chi connectivity index (χ2v) is 6.68. The maximum absolute atomic E-state index is 12.1. The minimum Gasteiger partial charge on any atom is -0.444 e. The summed E-state index contributed by atoms with van der Waals surface area (Å²) in [6, 6.07) is 1.93. The summed E-state index contributed by atoms with van der Waals surface area (Å²) in [5.74, 6) is 0.308. The fourth-order valence-electron chi connectivity index (χ4n) is 2.77. The van der Waals surface area contributed by atoms with Crippen molar-refractivity contribution in [1.82, 2.24) is 15.0 Å². The van der Waals surface area contributed by atoms with Gasteiger partial charge in [0.05, 0.1) is 11.9 Å². The summed E-state index contributed by atoms with van der Waals surface area (Å²) >= 11 is 0. The zero-order valence-electron chi connectivity index (χ0n) is 13.2. The number of aromatic nitrogens is 2. The van der Waals surface area contributed by atoms with Gasteiger partial charge in [0.2, 0.25) is 0 Å². The van der Waals surface area contributed by atoms with E-state index in [1.54, 1.807) is 17.3 Å². The van der Waals surface area contributed by atoms with Crippen molar-refractivity contribution in [2.45, 2.75) is 45.1 Å². The third-order valence-corrected chi connectivity index (χ3v) is 3.84. The summed E-state index contributed by atoms with van der Waals surface area (Å²) < 4.78 is 10.7. The Morgan fingerprint density at radius 2 is 2.09 bits per heavy atom. The maximum Gasteiger partial charge on any atom is 0.410 e. The third kappa shape index (κ3) is 3.05. The number of carbonyl (C=O) groups excluding carboxylic acids is 1. The smallest absolute Gasteiger partial charge is 0.410 e. The Kier molecular flexibility index (Phi) is 3.76. The van der Waals surface area contributed by atoms with Gasteiger partial charge in [-0.2, -0.15) is 0 Å². The lowest BCUT2D eigenvalue weighted by atomic mass is 9.92. The van der Waals surface area contributed by atoms with E-state index >= 15 is 0 Å². The molecule has 2 aromatic rings.